The molecule has 218 valence electrons. The molecule has 2 aliphatic rings. The summed E-state index contributed by atoms with van der Waals surface area (Å²) in [5, 5.41) is 28.0. The first-order valence-corrected chi connectivity index (χ1v) is 15.2. The molecule has 4 N–H and O–H groups in total. The summed E-state index contributed by atoms with van der Waals surface area (Å²) in [6.07, 6.45) is 1.49. The van der Waals surface area contributed by atoms with Crippen LogP contribution in [-0.2, 0) is 16.6 Å². The van der Waals surface area contributed by atoms with Gasteiger partial charge < -0.3 is 15.5 Å². The third-order valence-corrected chi connectivity index (χ3v) is 10.6. The molecule has 0 bridgehead atoms. The van der Waals surface area contributed by atoms with Gasteiger partial charge in [-0.25, -0.2) is 4.98 Å². The van der Waals surface area contributed by atoms with Crippen molar-refractivity contribution in [3.63, 3.8) is 0 Å². The van der Waals surface area contributed by atoms with Crippen molar-refractivity contribution in [2.45, 2.75) is 77.7 Å². The number of carbonyl (C=O) groups is 2. The predicted molar refractivity (Wildman–Crippen MR) is 163 cm³/mol. The molecule has 1 fully saturated rings. The lowest BCUT2D eigenvalue weighted by Gasteiger charge is -2.58. The van der Waals surface area contributed by atoms with E-state index < -0.39 is 11.5 Å². The highest BCUT2D eigenvalue weighted by Gasteiger charge is 2.59. The second-order valence-corrected chi connectivity index (χ2v) is 14.3. The Morgan fingerprint density at radius 3 is 2.37 bits per heavy atom. The number of benzene rings is 2. The zero-order valence-corrected chi connectivity index (χ0v) is 25.3. The predicted octanol–water partition coefficient (Wildman–Crippen LogP) is 6.14. The Morgan fingerprint density at radius 2 is 1.73 bits per heavy atom. The Bertz CT molecular complexity index is 1410. The first-order valence-electron chi connectivity index (χ1n) is 14.4. The number of anilines is 2. The SMILES string of the molecule is CC(C)(C)c1ccc(C(=O)Nc2nc3c(s2)C[C@@H]2[C@](C)(CO)[C@H](O)CC[C@@]2(C)[C@@H]3CC(=O)Nc2ccccc2)cc1. The smallest absolute Gasteiger partial charge is 0.257 e. The second kappa shape index (κ2) is 11.0. The number of amides is 2. The molecule has 2 aliphatic carbocycles. The van der Waals surface area contributed by atoms with E-state index in [4.69, 9.17) is 4.98 Å². The van der Waals surface area contributed by atoms with Crippen LogP contribution in [0.5, 0.6) is 0 Å². The standard InChI is InChI=1S/C33H41N3O4S/c1-31(2,3)21-13-11-20(12-14-21)29(40)36-30-35-28-23(17-27(39)34-22-9-7-6-8-10-22)32(4)16-15-26(38)33(5,19-37)25(32)18-24(28)41-30/h6-14,23,25-26,37-38H,15-19H2,1-5H3,(H,34,39)(H,35,36,40)/t23-,25+,26-,32+,33+/m1/s1. The van der Waals surface area contributed by atoms with Crippen molar-refractivity contribution in [1.29, 1.82) is 0 Å². The lowest BCUT2D eigenvalue weighted by molar-refractivity contribution is -0.143. The van der Waals surface area contributed by atoms with Crippen molar-refractivity contribution in [2.75, 3.05) is 17.2 Å². The number of nitrogens with one attached hydrogen (secondary N) is 2. The Balaban J connectivity index is 1.46. The van der Waals surface area contributed by atoms with Crippen LogP contribution in [0.15, 0.2) is 54.6 Å². The van der Waals surface area contributed by atoms with Crippen LogP contribution < -0.4 is 10.6 Å². The zero-order valence-electron chi connectivity index (χ0n) is 24.5. The van der Waals surface area contributed by atoms with Gasteiger partial charge in [0.25, 0.3) is 5.91 Å². The fraction of sp³-hybridized carbons (Fsp3) is 0.485. The number of hydrogen-bond acceptors (Lipinski definition) is 6. The van der Waals surface area contributed by atoms with Gasteiger partial charge in [-0.05, 0) is 65.8 Å². The Morgan fingerprint density at radius 1 is 1.05 bits per heavy atom. The fourth-order valence-corrected chi connectivity index (χ4v) is 7.97. The van der Waals surface area contributed by atoms with E-state index in [1.807, 2.05) is 61.5 Å². The molecule has 3 aromatic rings. The molecule has 5 atom stereocenters. The lowest BCUT2D eigenvalue weighted by Crippen LogP contribution is -2.57. The van der Waals surface area contributed by atoms with Crippen LogP contribution in [0.1, 0.15) is 86.3 Å². The van der Waals surface area contributed by atoms with E-state index >= 15 is 0 Å². The van der Waals surface area contributed by atoms with E-state index in [9.17, 15) is 19.8 Å². The van der Waals surface area contributed by atoms with Crippen LogP contribution >= 0.6 is 11.3 Å². The van der Waals surface area contributed by atoms with Gasteiger partial charge in [-0.15, -0.1) is 11.3 Å². The van der Waals surface area contributed by atoms with Crippen molar-refractivity contribution >= 4 is 34.0 Å². The highest BCUT2D eigenvalue weighted by molar-refractivity contribution is 7.15. The molecule has 0 radical (unpaired) electrons. The average molecular weight is 576 g/mol. The summed E-state index contributed by atoms with van der Waals surface area (Å²) in [6.45, 7) is 10.4. The normalized spacial score (nSPS) is 27.4. The van der Waals surface area contributed by atoms with Crippen LogP contribution in [0, 0.1) is 16.7 Å². The number of thiazole rings is 1. The maximum atomic E-state index is 13.4. The molecule has 1 heterocycles. The van der Waals surface area contributed by atoms with E-state index in [-0.39, 0.29) is 47.5 Å². The molecule has 0 unspecified atom stereocenters. The molecule has 0 saturated heterocycles. The monoisotopic (exact) mass is 575 g/mol. The minimum atomic E-state index is -0.707. The summed E-state index contributed by atoms with van der Waals surface area (Å²) < 4.78 is 0. The number of nitrogens with zero attached hydrogens (tertiary/aromatic N) is 1. The van der Waals surface area contributed by atoms with Crippen LogP contribution in [0.2, 0.25) is 0 Å². The third kappa shape index (κ3) is 5.57. The number of para-hydroxylation sites is 1. The first kappa shape index (κ1) is 29.4. The van der Waals surface area contributed by atoms with Gasteiger partial charge in [-0.2, -0.15) is 0 Å². The van der Waals surface area contributed by atoms with Crippen LogP contribution in [0.3, 0.4) is 0 Å². The van der Waals surface area contributed by atoms with Gasteiger partial charge in [0.1, 0.15) is 0 Å². The number of fused-ring (bicyclic) bond motifs is 2. The minimum absolute atomic E-state index is 0.00524. The molecule has 0 aliphatic heterocycles. The van der Waals surface area contributed by atoms with Crippen LogP contribution in [-0.4, -0.2) is 39.7 Å². The van der Waals surface area contributed by atoms with Gasteiger partial charge in [0, 0.05) is 33.9 Å². The number of aliphatic hydroxyl groups is 2. The van der Waals surface area contributed by atoms with Crippen molar-refractivity contribution in [3.8, 4) is 0 Å². The molecule has 7 nitrogen and oxygen atoms in total. The van der Waals surface area contributed by atoms with E-state index in [0.717, 1.165) is 28.2 Å². The number of aromatic nitrogens is 1. The maximum Gasteiger partial charge on any atom is 0.257 e. The lowest BCUT2D eigenvalue weighted by atomic mass is 9.47. The van der Waals surface area contributed by atoms with Gasteiger partial charge in [0.2, 0.25) is 5.91 Å². The van der Waals surface area contributed by atoms with E-state index in [1.165, 1.54) is 11.3 Å². The van der Waals surface area contributed by atoms with Gasteiger partial charge in [-0.3, -0.25) is 14.9 Å². The first-order chi connectivity index (χ1) is 19.3. The second-order valence-electron chi connectivity index (χ2n) is 13.3. The molecule has 2 aromatic carbocycles. The maximum absolute atomic E-state index is 13.4. The highest BCUT2D eigenvalue weighted by atomic mass is 32.1. The number of rotatable bonds is 6. The van der Waals surface area contributed by atoms with E-state index in [1.54, 1.807) is 0 Å². The minimum Gasteiger partial charge on any atom is -0.396 e. The van der Waals surface area contributed by atoms with Crippen molar-refractivity contribution in [3.05, 3.63) is 76.3 Å². The van der Waals surface area contributed by atoms with Crippen LogP contribution in [0.4, 0.5) is 10.8 Å². The van der Waals surface area contributed by atoms with Gasteiger partial charge >= 0.3 is 0 Å². The highest BCUT2D eigenvalue weighted by Crippen LogP contribution is 2.62. The number of aliphatic hydroxyl groups excluding tert-OH is 2. The number of carbonyl (C=O) groups excluding carboxylic acids is 2. The topological polar surface area (TPSA) is 112 Å². The molecule has 5 rings (SSSR count). The van der Waals surface area contributed by atoms with Crippen LogP contribution in [0.25, 0.3) is 0 Å². The molecule has 2 amide bonds. The molecule has 0 spiro atoms. The summed E-state index contributed by atoms with van der Waals surface area (Å²) >= 11 is 1.43. The van der Waals surface area contributed by atoms with E-state index in [0.29, 0.717) is 23.5 Å². The van der Waals surface area contributed by atoms with Crippen molar-refractivity contribution < 1.29 is 19.8 Å². The largest absolute Gasteiger partial charge is 0.396 e. The summed E-state index contributed by atoms with van der Waals surface area (Å²) in [6, 6.07) is 17.0. The Kier molecular flexibility index (Phi) is 7.87. The zero-order chi connectivity index (χ0) is 29.6. The molecule has 1 saturated carbocycles. The Hall–Kier alpha value is -3.07. The summed E-state index contributed by atoms with van der Waals surface area (Å²) in [7, 11) is 0. The van der Waals surface area contributed by atoms with Crippen molar-refractivity contribution in [1.82, 2.24) is 4.98 Å². The molecule has 8 heteroatoms. The average Bonchev–Trinajstić information content (AvgIpc) is 3.34. The summed E-state index contributed by atoms with van der Waals surface area (Å²) in [5.74, 6) is -0.622. The molecular formula is C33H41N3O4S. The quantitative estimate of drug-likeness (QED) is 0.282. The fourth-order valence-electron chi connectivity index (χ4n) is 6.91. The van der Waals surface area contributed by atoms with Crippen molar-refractivity contribution in [2.24, 2.45) is 16.7 Å². The Labute approximate surface area is 246 Å². The molecule has 1 aromatic heterocycles. The van der Waals surface area contributed by atoms with Gasteiger partial charge in [-0.1, -0.05) is 65.0 Å². The third-order valence-electron chi connectivity index (χ3n) is 9.57. The molecule has 41 heavy (non-hydrogen) atoms. The van der Waals surface area contributed by atoms with Gasteiger partial charge in [0.05, 0.1) is 18.4 Å². The summed E-state index contributed by atoms with van der Waals surface area (Å²) in [5.41, 5.74) is 2.21. The van der Waals surface area contributed by atoms with E-state index in [2.05, 4.69) is 38.3 Å². The van der Waals surface area contributed by atoms with Gasteiger partial charge in [0.15, 0.2) is 5.13 Å². The molecular weight excluding hydrogens is 534 g/mol. The summed E-state index contributed by atoms with van der Waals surface area (Å²) in [4.78, 5) is 32.5. The number of hydrogen-bond donors (Lipinski definition) is 4.